The number of carboxylic acids is 1. The summed E-state index contributed by atoms with van der Waals surface area (Å²) >= 11 is 0. The fourth-order valence-corrected chi connectivity index (χ4v) is 2.63. The minimum Gasteiger partial charge on any atom is -0.477 e. The molecule has 0 bridgehead atoms. The van der Waals surface area contributed by atoms with Crippen molar-refractivity contribution in [2.45, 2.75) is 40.0 Å². The number of carbonyl (C=O) groups is 1. The van der Waals surface area contributed by atoms with Crippen molar-refractivity contribution in [3.8, 4) is 6.07 Å². The summed E-state index contributed by atoms with van der Waals surface area (Å²) in [6.07, 6.45) is 2.57. The van der Waals surface area contributed by atoms with E-state index in [4.69, 9.17) is 10.4 Å². The Morgan fingerprint density at radius 3 is 2.60 bits per heavy atom. The Morgan fingerprint density at radius 1 is 1.60 bits per heavy atom. The van der Waals surface area contributed by atoms with Crippen LogP contribution in [0.4, 0.5) is 0 Å². The summed E-state index contributed by atoms with van der Waals surface area (Å²) in [4.78, 5) is 10.9. The molecule has 3 nitrogen and oxygen atoms in total. The van der Waals surface area contributed by atoms with Crippen LogP contribution in [0.5, 0.6) is 0 Å². The maximum Gasteiger partial charge on any atom is 0.346 e. The molecule has 0 aromatic heterocycles. The monoisotopic (exact) mass is 207 g/mol. The lowest BCUT2D eigenvalue weighted by Crippen LogP contribution is -2.24. The number of carboxylic acid groups (broad SMARTS) is 1. The zero-order valence-corrected chi connectivity index (χ0v) is 9.50. The van der Waals surface area contributed by atoms with E-state index < -0.39 is 5.97 Å². The average Bonchev–Trinajstić information content (AvgIpc) is 1.99. The predicted molar refractivity (Wildman–Crippen MR) is 57.1 cm³/mol. The van der Waals surface area contributed by atoms with E-state index in [2.05, 4.69) is 20.8 Å². The van der Waals surface area contributed by atoms with Gasteiger partial charge in [-0.2, -0.15) is 5.26 Å². The van der Waals surface area contributed by atoms with E-state index in [0.717, 1.165) is 24.8 Å². The van der Waals surface area contributed by atoms with Crippen LogP contribution in [0.3, 0.4) is 0 Å². The first kappa shape index (κ1) is 11.8. The maximum atomic E-state index is 10.9. The Hall–Kier alpha value is -1.30. The second kappa shape index (κ2) is 4.06. The Kier molecular flexibility index (Phi) is 3.18. The summed E-state index contributed by atoms with van der Waals surface area (Å²) in [5.41, 5.74) is 0.883. The van der Waals surface area contributed by atoms with E-state index in [1.165, 1.54) is 0 Å². The number of allylic oxidation sites excluding steroid dienone is 1. The van der Waals surface area contributed by atoms with Crippen LogP contribution in [0.15, 0.2) is 11.1 Å². The van der Waals surface area contributed by atoms with Gasteiger partial charge in [0.25, 0.3) is 0 Å². The van der Waals surface area contributed by atoms with Gasteiger partial charge in [0.1, 0.15) is 11.6 Å². The van der Waals surface area contributed by atoms with Crippen LogP contribution in [0, 0.1) is 22.7 Å². The Morgan fingerprint density at radius 2 is 2.20 bits per heavy atom. The summed E-state index contributed by atoms with van der Waals surface area (Å²) < 4.78 is 0. The number of hydrogen-bond donors (Lipinski definition) is 1. The van der Waals surface area contributed by atoms with E-state index >= 15 is 0 Å². The molecule has 0 saturated heterocycles. The minimum absolute atomic E-state index is 0.0466. The summed E-state index contributed by atoms with van der Waals surface area (Å²) in [7, 11) is 0. The molecule has 0 heterocycles. The molecule has 1 N–H and O–H groups in total. The summed E-state index contributed by atoms with van der Waals surface area (Å²) in [6, 6.07) is 1.81. The van der Waals surface area contributed by atoms with Crippen LogP contribution in [-0.4, -0.2) is 11.1 Å². The smallest absolute Gasteiger partial charge is 0.346 e. The number of hydrogen-bond acceptors (Lipinski definition) is 2. The van der Waals surface area contributed by atoms with E-state index in [-0.39, 0.29) is 11.0 Å². The molecule has 82 valence electrons. The molecular formula is C12H17NO2. The van der Waals surface area contributed by atoms with Crippen LogP contribution in [0.25, 0.3) is 0 Å². The van der Waals surface area contributed by atoms with Gasteiger partial charge in [-0.3, -0.25) is 0 Å². The Balaban J connectivity index is 3.05. The zero-order valence-electron chi connectivity index (χ0n) is 9.50. The number of nitrogens with zero attached hydrogens (tertiary/aromatic N) is 1. The third-order valence-corrected chi connectivity index (χ3v) is 2.87. The lowest BCUT2D eigenvalue weighted by Gasteiger charge is -2.35. The van der Waals surface area contributed by atoms with Crippen molar-refractivity contribution >= 4 is 5.97 Å². The number of aliphatic carboxylic acids is 1. The van der Waals surface area contributed by atoms with Crippen LogP contribution >= 0.6 is 0 Å². The quantitative estimate of drug-likeness (QED) is 0.531. The molecule has 1 saturated carbocycles. The average molecular weight is 207 g/mol. The number of rotatable bonds is 1. The topological polar surface area (TPSA) is 61.1 Å². The first-order valence-corrected chi connectivity index (χ1v) is 5.21. The SMILES string of the molecule is CC1C/C(=C(\C#N)C(=O)O)CC(C)(C)C1. The van der Waals surface area contributed by atoms with Crippen LogP contribution in [0.2, 0.25) is 0 Å². The largest absolute Gasteiger partial charge is 0.477 e. The third kappa shape index (κ3) is 2.82. The highest BCUT2D eigenvalue weighted by Crippen LogP contribution is 2.42. The lowest BCUT2D eigenvalue weighted by atomic mass is 9.69. The fourth-order valence-electron chi connectivity index (χ4n) is 2.63. The van der Waals surface area contributed by atoms with Gasteiger partial charge in [0.2, 0.25) is 0 Å². The molecular weight excluding hydrogens is 190 g/mol. The van der Waals surface area contributed by atoms with Gasteiger partial charge in [0.05, 0.1) is 0 Å². The molecule has 1 unspecified atom stereocenters. The Bertz CT molecular complexity index is 347. The van der Waals surface area contributed by atoms with E-state index in [1.807, 2.05) is 6.07 Å². The predicted octanol–water partition coefficient (Wildman–Crippen LogP) is 2.74. The van der Waals surface area contributed by atoms with Crippen molar-refractivity contribution in [3.05, 3.63) is 11.1 Å². The molecule has 1 fully saturated rings. The van der Waals surface area contributed by atoms with Gasteiger partial charge in [-0.25, -0.2) is 4.79 Å². The van der Waals surface area contributed by atoms with Gasteiger partial charge in [-0.05, 0) is 36.2 Å². The highest BCUT2D eigenvalue weighted by atomic mass is 16.4. The van der Waals surface area contributed by atoms with Crippen molar-refractivity contribution < 1.29 is 9.90 Å². The summed E-state index contributed by atoms with van der Waals surface area (Å²) in [5.74, 6) is -0.621. The molecule has 0 spiro atoms. The molecule has 1 atom stereocenters. The molecule has 0 amide bonds. The maximum absolute atomic E-state index is 10.9. The van der Waals surface area contributed by atoms with Crippen molar-refractivity contribution in [2.75, 3.05) is 0 Å². The van der Waals surface area contributed by atoms with Gasteiger partial charge in [0.15, 0.2) is 0 Å². The molecule has 0 radical (unpaired) electrons. The molecule has 0 aromatic rings. The molecule has 15 heavy (non-hydrogen) atoms. The van der Waals surface area contributed by atoms with Crippen molar-refractivity contribution in [1.82, 2.24) is 0 Å². The van der Waals surface area contributed by atoms with Crippen LogP contribution in [-0.2, 0) is 4.79 Å². The first-order valence-electron chi connectivity index (χ1n) is 5.21. The second-order valence-electron chi connectivity index (χ2n) is 5.25. The number of nitriles is 1. The summed E-state index contributed by atoms with van der Waals surface area (Å²) in [6.45, 7) is 6.36. The minimum atomic E-state index is -1.09. The first-order chi connectivity index (χ1) is 6.85. The van der Waals surface area contributed by atoms with Gasteiger partial charge in [-0.15, -0.1) is 0 Å². The van der Waals surface area contributed by atoms with Gasteiger partial charge >= 0.3 is 5.97 Å². The zero-order chi connectivity index (χ0) is 11.6. The van der Waals surface area contributed by atoms with Crippen molar-refractivity contribution in [3.63, 3.8) is 0 Å². The summed E-state index contributed by atoms with van der Waals surface area (Å²) in [5, 5.41) is 17.7. The van der Waals surface area contributed by atoms with Crippen LogP contribution < -0.4 is 0 Å². The van der Waals surface area contributed by atoms with Crippen LogP contribution in [0.1, 0.15) is 40.0 Å². The van der Waals surface area contributed by atoms with E-state index in [0.29, 0.717) is 5.92 Å². The van der Waals surface area contributed by atoms with Gasteiger partial charge in [-0.1, -0.05) is 20.8 Å². The molecule has 1 aliphatic rings. The molecule has 1 aliphatic carbocycles. The fraction of sp³-hybridized carbons (Fsp3) is 0.667. The molecule has 1 rings (SSSR count). The van der Waals surface area contributed by atoms with Crippen molar-refractivity contribution in [2.24, 2.45) is 11.3 Å². The Labute approximate surface area is 90.4 Å². The van der Waals surface area contributed by atoms with Gasteiger partial charge < -0.3 is 5.11 Å². The van der Waals surface area contributed by atoms with E-state index in [9.17, 15) is 4.79 Å². The van der Waals surface area contributed by atoms with E-state index in [1.54, 1.807) is 0 Å². The highest BCUT2D eigenvalue weighted by Gasteiger charge is 2.31. The van der Waals surface area contributed by atoms with Gasteiger partial charge in [0, 0.05) is 0 Å². The molecule has 3 heteroatoms. The molecule has 0 aliphatic heterocycles. The highest BCUT2D eigenvalue weighted by molar-refractivity contribution is 5.92. The second-order valence-corrected chi connectivity index (χ2v) is 5.25. The molecule has 0 aromatic carbocycles. The third-order valence-electron chi connectivity index (χ3n) is 2.87. The standard InChI is InChI=1S/C12H17NO2/c1-8-4-9(6-12(2,3)5-8)10(7-13)11(14)15/h8H,4-6H2,1-3H3,(H,14,15)/b10-9-. The van der Waals surface area contributed by atoms with Crippen molar-refractivity contribution in [1.29, 1.82) is 5.26 Å². The lowest BCUT2D eigenvalue weighted by molar-refractivity contribution is -0.132. The normalized spacial score (nSPS) is 28.0.